The van der Waals surface area contributed by atoms with Gasteiger partial charge in [-0.15, -0.1) is 0 Å². The van der Waals surface area contributed by atoms with Crippen LogP contribution in [0.5, 0.6) is 0 Å². The fourth-order valence-corrected chi connectivity index (χ4v) is 6.15. The van der Waals surface area contributed by atoms with Gasteiger partial charge < -0.3 is 10.2 Å². The van der Waals surface area contributed by atoms with E-state index in [0.29, 0.717) is 22.2 Å². The molecule has 0 bridgehead atoms. The lowest BCUT2D eigenvalue weighted by Gasteiger charge is -2.31. The van der Waals surface area contributed by atoms with E-state index in [2.05, 4.69) is 5.32 Å². The minimum absolute atomic E-state index is 0.0826. The topological polar surface area (TPSA) is 86.8 Å². The zero-order valence-corrected chi connectivity index (χ0v) is 25.5. The molecule has 1 aliphatic rings. The van der Waals surface area contributed by atoms with Gasteiger partial charge in [-0.1, -0.05) is 54.6 Å². The molecule has 1 fully saturated rings. The molecule has 2 amide bonds. The number of rotatable bonds is 11. The highest BCUT2D eigenvalue weighted by molar-refractivity contribution is 7.92. The summed E-state index contributed by atoms with van der Waals surface area (Å²) in [4.78, 5) is 28.2. The summed E-state index contributed by atoms with van der Waals surface area (Å²) in [5.41, 5.74) is 3.38. The quantitative estimate of drug-likeness (QED) is 0.344. The molecule has 2 aromatic carbocycles. The molecule has 1 aliphatic carbocycles. The van der Waals surface area contributed by atoms with Crippen molar-refractivity contribution in [2.75, 3.05) is 17.1 Å². The van der Waals surface area contributed by atoms with Crippen LogP contribution in [0, 0.1) is 13.8 Å². The van der Waals surface area contributed by atoms with Gasteiger partial charge in [0.2, 0.25) is 21.8 Å². The van der Waals surface area contributed by atoms with Crippen molar-refractivity contribution in [3.05, 3.63) is 63.1 Å². The molecule has 0 radical (unpaired) electrons. The number of carbonyl (C=O) groups excluding carboxylic acids is 2. The zero-order chi connectivity index (χ0) is 28.7. The molecule has 0 heterocycles. The lowest BCUT2D eigenvalue weighted by atomic mass is 9.95. The Labute approximate surface area is 242 Å². The third-order valence-corrected chi connectivity index (χ3v) is 9.32. The third kappa shape index (κ3) is 8.85. The largest absolute Gasteiger partial charge is 0.352 e. The minimum Gasteiger partial charge on any atom is -0.352 e. The van der Waals surface area contributed by atoms with Crippen molar-refractivity contribution in [2.45, 2.75) is 84.3 Å². The van der Waals surface area contributed by atoms with Gasteiger partial charge in [0.05, 0.1) is 22.0 Å². The molecule has 0 aliphatic heterocycles. The van der Waals surface area contributed by atoms with E-state index in [0.717, 1.165) is 48.6 Å². The van der Waals surface area contributed by atoms with Crippen LogP contribution >= 0.6 is 23.2 Å². The molecule has 1 atom stereocenters. The Bertz CT molecular complexity index is 1280. The first-order chi connectivity index (χ1) is 18.4. The van der Waals surface area contributed by atoms with E-state index in [1.807, 2.05) is 26.0 Å². The van der Waals surface area contributed by atoms with Gasteiger partial charge in [-0.25, -0.2) is 8.42 Å². The Morgan fingerprint density at radius 1 is 1.00 bits per heavy atom. The molecule has 0 unspecified atom stereocenters. The van der Waals surface area contributed by atoms with Crippen LogP contribution in [0.25, 0.3) is 0 Å². The second-order valence-electron chi connectivity index (χ2n) is 10.5. The Kier molecular flexibility index (Phi) is 11.1. The van der Waals surface area contributed by atoms with Gasteiger partial charge in [0.1, 0.15) is 6.04 Å². The van der Waals surface area contributed by atoms with Gasteiger partial charge in [0.25, 0.3) is 0 Å². The summed E-state index contributed by atoms with van der Waals surface area (Å²) in [6.07, 6.45) is 6.78. The number of hydrogen-bond acceptors (Lipinski definition) is 4. The summed E-state index contributed by atoms with van der Waals surface area (Å²) in [5, 5.41) is 3.90. The minimum atomic E-state index is -3.55. The van der Waals surface area contributed by atoms with E-state index >= 15 is 0 Å². The smallest absolute Gasteiger partial charge is 0.242 e. The highest BCUT2D eigenvalue weighted by Gasteiger charge is 2.28. The number of nitrogens with one attached hydrogen (secondary N) is 1. The molecule has 10 heteroatoms. The summed E-state index contributed by atoms with van der Waals surface area (Å²) in [7, 11) is -3.55. The first kappa shape index (κ1) is 31.2. The monoisotopic (exact) mass is 595 g/mol. The molecule has 2 aromatic rings. The Morgan fingerprint density at radius 3 is 2.31 bits per heavy atom. The van der Waals surface area contributed by atoms with Gasteiger partial charge in [0, 0.05) is 25.6 Å². The van der Waals surface area contributed by atoms with Crippen LogP contribution in [0.1, 0.15) is 68.6 Å². The molecule has 0 saturated heterocycles. The van der Waals surface area contributed by atoms with Crippen molar-refractivity contribution < 1.29 is 18.0 Å². The number of halogens is 2. The predicted molar refractivity (Wildman–Crippen MR) is 159 cm³/mol. The van der Waals surface area contributed by atoms with Crippen molar-refractivity contribution in [3.8, 4) is 0 Å². The molecule has 0 spiro atoms. The number of sulfonamides is 1. The van der Waals surface area contributed by atoms with E-state index in [1.54, 1.807) is 36.1 Å². The van der Waals surface area contributed by atoms with Crippen LogP contribution in [0.3, 0.4) is 0 Å². The summed E-state index contributed by atoms with van der Waals surface area (Å²) < 4.78 is 26.5. The van der Waals surface area contributed by atoms with Crippen LogP contribution in [0.4, 0.5) is 5.69 Å². The lowest BCUT2D eigenvalue weighted by molar-refractivity contribution is -0.141. The number of benzene rings is 2. The second kappa shape index (κ2) is 13.9. The molecule has 39 heavy (non-hydrogen) atoms. The van der Waals surface area contributed by atoms with E-state index in [4.69, 9.17) is 23.2 Å². The molecule has 1 saturated carbocycles. The normalized spacial score (nSPS) is 15.0. The molecule has 1 N–H and O–H groups in total. The molecule has 3 rings (SSSR count). The van der Waals surface area contributed by atoms with Crippen LogP contribution < -0.4 is 9.62 Å². The number of nitrogens with zero attached hydrogens (tertiary/aromatic N) is 2. The van der Waals surface area contributed by atoms with Gasteiger partial charge in [0.15, 0.2) is 0 Å². The number of aryl methyl sites for hydroxylation is 2. The Hall–Kier alpha value is -2.29. The van der Waals surface area contributed by atoms with Gasteiger partial charge in [-0.2, -0.15) is 0 Å². The number of anilines is 1. The van der Waals surface area contributed by atoms with Crippen molar-refractivity contribution in [3.63, 3.8) is 0 Å². The van der Waals surface area contributed by atoms with E-state index < -0.39 is 16.1 Å². The number of hydrogen-bond donors (Lipinski definition) is 1. The summed E-state index contributed by atoms with van der Waals surface area (Å²) in [6.45, 7) is 5.96. The van der Waals surface area contributed by atoms with E-state index in [1.165, 1.54) is 10.7 Å². The van der Waals surface area contributed by atoms with Crippen LogP contribution in [-0.4, -0.2) is 50.0 Å². The van der Waals surface area contributed by atoms with Crippen molar-refractivity contribution in [1.29, 1.82) is 0 Å². The average molecular weight is 597 g/mol. The summed E-state index contributed by atoms with van der Waals surface area (Å²) >= 11 is 12.3. The van der Waals surface area contributed by atoms with Crippen molar-refractivity contribution >= 4 is 50.7 Å². The molecule has 0 aromatic heterocycles. The summed E-state index contributed by atoms with van der Waals surface area (Å²) in [6, 6.07) is 10.1. The van der Waals surface area contributed by atoms with Gasteiger partial charge >= 0.3 is 0 Å². The fourth-order valence-electron chi connectivity index (χ4n) is 4.87. The SMILES string of the molecule is Cc1ccc(N(CCCC(=O)N(Cc2ccc(Cl)c(Cl)c2)[C@H](C)C(=O)NC2CCCCC2)S(C)(=O)=O)cc1C. The maximum atomic E-state index is 13.5. The van der Waals surface area contributed by atoms with Crippen LogP contribution in [0.15, 0.2) is 36.4 Å². The standard InChI is InChI=1S/C29H39Cl2N3O4S/c1-20-12-14-25(17-21(20)2)34(39(4,37)38)16-8-11-28(35)33(19-23-13-15-26(30)27(31)18-23)22(3)29(36)32-24-9-6-5-7-10-24/h12-15,17-18,22,24H,5-11,16,19H2,1-4H3,(H,32,36)/t22-/m1/s1. The highest BCUT2D eigenvalue weighted by atomic mass is 35.5. The Morgan fingerprint density at radius 2 is 1.69 bits per heavy atom. The fraction of sp³-hybridized carbons (Fsp3) is 0.517. The van der Waals surface area contributed by atoms with Crippen LogP contribution in [0.2, 0.25) is 10.0 Å². The van der Waals surface area contributed by atoms with Gasteiger partial charge in [-0.3, -0.25) is 13.9 Å². The number of amides is 2. The molecule has 214 valence electrons. The number of carbonyl (C=O) groups is 2. The maximum absolute atomic E-state index is 13.5. The zero-order valence-electron chi connectivity index (χ0n) is 23.2. The molecular formula is C29H39Cl2N3O4S. The van der Waals surface area contributed by atoms with E-state index in [-0.39, 0.29) is 37.4 Å². The van der Waals surface area contributed by atoms with E-state index in [9.17, 15) is 18.0 Å². The lowest BCUT2D eigenvalue weighted by Crippen LogP contribution is -2.50. The Balaban J connectivity index is 1.75. The first-order valence-corrected chi connectivity index (χ1v) is 16.1. The van der Waals surface area contributed by atoms with Crippen LogP contribution in [-0.2, 0) is 26.2 Å². The molecular weight excluding hydrogens is 557 g/mol. The third-order valence-electron chi connectivity index (χ3n) is 7.39. The molecule has 7 nitrogen and oxygen atoms in total. The first-order valence-electron chi connectivity index (χ1n) is 13.5. The van der Waals surface area contributed by atoms with Crippen molar-refractivity contribution in [1.82, 2.24) is 10.2 Å². The highest BCUT2D eigenvalue weighted by Crippen LogP contribution is 2.25. The second-order valence-corrected chi connectivity index (χ2v) is 13.2. The summed E-state index contributed by atoms with van der Waals surface area (Å²) in [5.74, 6) is -0.427. The maximum Gasteiger partial charge on any atom is 0.242 e. The predicted octanol–water partition coefficient (Wildman–Crippen LogP) is 6.02. The van der Waals surface area contributed by atoms with Gasteiger partial charge in [-0.05, 0) is 81.0 Å². The average Bonchev–Trinajstić information content (AvgIpc) is 2.88. The van der Waals surface area contributed by atoms with Crippen molar-refractivity contribution in [2.24, 2.45) is 0 Å².